The molecule has 0 aromatic carbocycles. The molecule has 1 radical (unpaired) electrons. The first-order chi connectivity index (χ1) is 8.08. The maximum Gasteiger partial charge on any atom is 0.121 e. The summed E-state index contributed by atoms with van der Waals surface area (Å²) in [6.07, 6.45) is 7.03. The summed E-state index contributed by atoms with van der Waals surface area (Å²) in [6.45, 7) is 8.80. The lowest BCUT2D eigenvalue weighted by molar-refractivity contribution is 0.192. The highest BCUT2D eigenvalue weighted by Gasteiger charge is 2.56. The van der Waals surface area contributed by atoms with E-state index in [4.69, 9.17) is 0 Å². The van der Waals surface area contributed by atoms with Gasteiger partial charge in [-0.05, 0) is 32.9 Å². The molecule has 1 aliphatic heterocycles. The Kier molecular flexibility index (Phi) is 5.56. The van der Waals surface area contributed by atoms with Crippen LogP contribution in [0.25, 0.3) is 0 Å². The Hall–Kier alpha value is 0.0249. The van der Waals surface area contributed by atoms with Gasteiger partial charge < -0.3 is 4.90 Å². The smallest absolute Gasteiger partial charge is 0.121 e. The van der Waals surface area contributed by atoms with Crippen LogP contribution in [-0.2, 0) is 0 Å². The third-order valence-corrected chi connectivity index (χ3v) is 4.67. The van der Waals surface area contributed by atoms with Crippen LogP contribution < -0.4 is 0 Å². The van der Waals surface area contributed by atoms with Crippen molar-refractivity contribution in [2.24, 2.45) is 5.92 Å². The van der Waals surface area contributed by atoms with Gasteiger partial charge in [-0.25, -0.2) is 0 Å². The number of fused-ring (bicyclic) bond motifs is 1. The summed E-state index contributed by atoms with van der Waals surface area (Å²) in [4.78, 5) is 2.47. The second-order valence-corrected chi connectivity index (χ2v) is 6.07. The third kappa shape index (κ3) is 3.27. The van der Waals surface area contributed by atoms with Gasteiger partial charge in [-0.3, -0.25) is 0 Å². The Bertz CT molecular complexity index is 229. The van der Waals surface area contributed by atoms with Crippen LogP contribution in [0.2, 0.25) is 11.1 Å². The van der Waals surface area contributed by atoms with E-state index in [9.17, 15) is 0 Å². The average Bonchev–Trinajstić information content (AvgIpc) is 2.97. The fourth-order valence-electron chi connectivity index (χ4n) is 3.72. The Labute approximate surface area is 110 Å². The third-order valence-electron chi connectivity index (χ3n) is 4.67. The standard InChI is InChI=1S/C13H25BN.C2H6/c1-5-7-10-11(15(3)4)8-6-9-13(2)12(10)14-13;1-2/h10-12H,5-9H2,1-4H3;1-2H3. The lowest BCUT2D eigenvalue weighted by atomic mass is 9.79. The highest BCUT2D eigenvalue weighted by Crippen LogP contribution is 2.66. The van der Waals surface area contributed by atoms with Gasteiger partial charge in [0.15, 0.2) is 0 Å². The first-order valence-corrected chi connectivity index (χ1v) is 7.61. The van der Waals surface area contributed by atoms with Gasteiger partial charge in [-0.1, -0.05) is 58.1 Å². The van der Waals surface area contributed by atoms with E-state index in [1.807, 2.05) is 13.8 Å². The van der Waals surface area contributed by atoms with Gasteiger partial charge in [0.25, 0.3) is 0 Å². The van der Waals surface area contributed by atoms with Crippen LogP contribution in [0, 0.1) is 5.92 Å². The predicted octanol–water partition coefficient (Wildman–Crippen LogP) is 4.23. The van der Waals surface area contributed by atoms with Gasteiger partial charge in [-0.2, -0.15) is 0 Å². The van der Waals surface area contributed by atoms with Crippen molar-refractivity contribution in [1.82, 2.24) is 4.90 Å². The normalized spacial score (nSPS) is 39.6. The number of nitrogens with zero attached hydrogens (tertiary/aromatic N) is 1. The largest absolute Gasteiger partial charge is 0.306 e. The van der Waals surface area contributed by atoms with Crippen LogP contribution in [0.15, 0.2) is 0 Å². The second kappa shape index (κ2) is 6.27. The molecule has 0 bridgehead atoms. The minimum atomic E-state index is 0.616. The van der Waals surface area contributed by atoms with Gasteiger partial charge in [0, 0.05) is 6.04 Å². The lowest BCUT2D eigenvalue weighted by Gasteiger charge is -2.32. The lowest BCUT2D eigenvalue weighted by Crippen LogP contribution is -2.35. The van der Waals surface area contributed by atoms with Crippen LogP contribution in [0.5, 0.6) is 0 Å². The van der Waals surface area contributed by atoms with Gasteiger partial charge >= 0.3 is 0 Å². The molecule has 2 rings (SSSR count). The highest BCUT2D eigenvalue weighted by atomic mass is 15.1. The van der Waals surface area contributed by atoms with Crippen molar-refractivity contribution in [3.8, 4) is 0 Å². The van der Waals surface area contributed by atoms with Crippen molar-refractivity contribution in [2.75, 3.05) is 14.1 Å². The van der Waals surface area contributed by atoms with Crippen molar-refractivity contribution in [2.45, 2.75) is 77.0 Å². The summed E-state index contributed by atoms with van der Waals surface area (Å²) >= 11 is 0. The molecule has 1 heterocycles. The molecule has 1 saturated carbocycles. The molecule has 2 fully saturated rings. The molecule has 0 aromatic rings. The van der Waals surface area contributed by atoms with Crippen LogP contribution in [0.4, 0.5) is 0 Å². The van der Waals surface area contributed by atoms with E-state index in [0.717, 1.165) is 17.8 Å². The second-order valence-electron chi connectivity index (χ2n) is 6.07. The van der Waals surface area contributed by atoms with Crippen molar-refractivity contribution in [1.29, 1.82) is 0 Å². The molecule has 0 N–H and O–H groups in total. The van der Waals surface area contributed by atoms with Crippen molar-refractivity contribution < 1.29 is 0 Å². The van der Waals surface area contributed by atoms with Crippen molar-refractivity contribution in [3.05, 3.63) is 0 Å². The van der Waals surface area contributed by atoms with Crippen LogP contribution in [0.1, 0.15) is 59.8 Å². The van der Waals surface area contributed by atoms with E-state index in [0.29, 0.717) is 5.31 Å². The average molecular weight is 236 g/mol. The van der Waals surface area contributed by atoms with E-state index in [2.05, 4.69) is 40.1 Å². The molecule has 17 heavy (non-hydrogen) atoms. The highest BCUT2D eigenvalue weighted by molar-refractivity contribution is 6.56. The molecule has 99 valence electrons. The molecule has 4 atom stereocenters. The molecule has 1 aliphatic carbocycles. The molecular weight excluding hydrogens is 205 g/mol. The zero-order chi connectivity index (χ0) is 13.1. The van der Waals surface area contributed by atoms with Crippen molar-refractivity contribution in [3.63, 3.8) is 0 Å². The van der Waals surface area contributed by atoms with E-state index in [1.165, 1.54) is 32.1 Å². The molecule has 0 amide bonds. The van der Waals surface area contributed by atoms with Crippen molar-refractivity contribution >= 4 is 7.28 Å². The van der Waals surface area contributed by atoms with Gasteiger partial charge in [0.2, 0.25) is 0 Å². The van der Waals surface area contributed by atoms with Crippen LogP contribution in [0.3, 0.4) is 0 Å². The Morgan fingerprint density at radius 1 is 1.29 bits per heavy atom. The van der Waals surface area contributed by atoms with E-state index < -0.39 is 0 Å². The van der Waals surface area contributed by atoms with Crippen LogP contribution in [-0.4, -0.2) is 32.3 Å². The summed E-state index contributed by atoms with van der Waals surface area (Å²) in [5.74, 6) is 1.85. The summed E-state index contributed by atoms with van der Waals surface area (Å²) in [6, 6.07) is 0.829. The Balaban J connectivity index is 0.000000686. The minimum Gasteiger partial charge on any atom is -0.306 e. The monoisotopic (exact) mass is 236 g/mol. The number of hydrogen-bond donors (Lipinski definition) is 0. The first kappa shape index (κ1) is 15.1. The van der Waals surface area contributed by atoms with E-state index in [-0.39, 0.29) is 0 Å². The summed E-state index contributed by atoms with van der Waals surface area (Å²) in [7, 11) is 7.15. The van der Waals surface area contributed by atoms with Gasteiger partial charge in [0.05, 0.1) is 0 Å². The summed E-state index contributed by atoms with van der Waals surface area (Å²) in [5.41, 5.74) is 0. The molecule has 1 saturated heterocycles. The van der Waals surface area contributed by atoms with E-state index >= 15 is 0 Å². The number of hydrogen-bond acceptors (Lipinski definition) is 1. The fraction of sp³-hybridized carbons (Fsp3) is 1.00. The minimum absolute atomic E-state index is 0.616. The topological polar surface area (TPSA) is 3.24 Å². The maximum absolute atomic E-state index is 2.63. The summed E-state index contributed by atoms with van der Waals surface area (Å²) in [5, 5.41) is 0.616. The van der Waals surface area contributed by atoms with E-state index in [1.54, 1.807) is 0 Å². The fourth-order valence-corrected chi connectivity index (χ4v) is 3.72. The number of rotatable bonds is 3. The zero-order valence-electron chi connectivity index (χ0n) is 12.8. The predicted molar refractivity (Wildman–Crippen MR) is 78.9 cm³/mol. The Morgan fingerprint density at radius 3 is 2.47 bits per heavy atom. The molecule has 2 aliphatic rings. The molecule has 0 aromatic heterocycles. The van der Waals surface area contributed by atoms with Gasteiger partial charge in [-0.15, -0.1) is 0 Å². The molecule has 4 unspecified atom stereocenters. The first-order valence-electron chi connectivity index (χ1n) is 7.61. The van der Waals surface area contributed by atoms with Gasteiger partial charge in [0.1, 0.15) is 7.28 Å². The molecule has 1 nitrogen and oxygen atoms in total. The molecule has 2 heteroatoms. The molecule has 0 spiro atoms. The SMILES string of the molecule is CC.CCCC1C(N(C)C)CCCC2(C)[B]C12. The Morgan fingerprint density at radius 2 is 1.94 bits per heavy atom. The quantitative estimate of drug-likeness (QED) is 0.663. The van der Waals surface area contributed by atoms with Crippen LogP contribution >= 0.6 is 0 Å². The summed E-state index contributed by atoms with van der Waals surface area (Å²) < 4.78 is 0. The molecular formula is C15H31BN. The maximum atomic E-state index is 2.63. The zero-order valence-corrected chi connectivity index (χ0v) is 12.8.